The Bertz CT molecular complexity index is 964. The predicted molar refractivity (Wildman–Crippen MR) is 97.1 cm³/mol. The number of ether oxygens (including phenoxy) is 1. The number of hydrogen-bond acceptors (Lipinski definition) is 5. The van der Waals surface area contributed by atoms with Crippen molar-refractivity contribution >= 4 is 28.1 Å². The minimum atomic E-state index is -1.21. The third kappa shape index (κ3) is 3.77. The van der Waals surface area contributed by atoms with Crippen LogP contribution in [0, 0.1) is 0 Å². The van der Waals surface area contributed by atoms with E-state index >= 15 is 0 Å². The van der Waals surface area contributed by atoms with E-state index < -0.39 is 5.97 Å². The van der Waals surface area contributed by atoms with E-state index in [4.69, 9.17) is 4.74 Å². The number of carboxylic acid groups (broad SMARTS) is 1. The first kappa shape index (κ1) is 16.5. The van der Waals surface area contributed by atoms with Crippen LogP contribution in [-0.4, -0.2) is 18.8 Å². The van der Waals surface area contributed by atoms with Gasteiger partial charge in [0.05, 0.1) is 24.5 Å². The molecule has 0 aliphatic carbocycles. The van der Waals surface area contributed by atoms with Gasteiger partial charge in [-0.25, -0.2) is 0 Å². The van der Waals surface area contributed by atoms with Gasteiger partial charge in [0.1, 0.15) is 5.75 Å². The highest BCUT2D eigenvalue weighted by Crippen LogP contribution is 2.22. The van der Waals surface area contributed by atoms with E-state index in [0.29, 0.717) is 5.69 Å². The zero-order valence-electron chi connectivity index (χ0n) is 13.9. The van der Waals surface area contributed by atoms with Crippen LogP contribution in [0.25, 0.3) is 10.8 Å². The van der Waals surface area contributed by atoms with Crippen LogP contribution in [0.5, 0.6) is 5.75 Å². The molecule has 3 aromatic carbocycles. The number of hydrogen-bond donors (Lipinski definition) is 1. The molecular formula is C20H17N2O3-. The van der Waals surface area contributed by atoms with E-state index in [1.165, 1.54) is 12.1 Å². The topological polar surface area (TPSA) is 73.8 Å². The summed E-state index contributed by atoms with van der Waals surface area (Å²) in [6.45, 7) is 1.89. The van der Waals surface area contributed by atoms with Gasteiger partial charge in [-0.1, -0.05) is 30.3 Å². The summed E-state index contributed by atoms with van der Waals surface area (Å²) in [6.07, 6.45) is 0. The van der Waals surface area contributed by atoms with Gasteiger partial charge in [0, 0.05) is 0 Å². The van der Waals surface area contributed by atoms with Crippen molar-refractivity contribution in [3.8, 4) is 5.75 Å². The maximum atomic E-state index is 10.9. The van der Waals surface area contributed by atoms with Gasteiger partial charge in [0.25, 0.3) is 0 Å². The minimum absolute atomic E-state index is 0.109. The van der Waals surface area contributed by atoms with Crippen LogP contribution >= 0.6 is 0 Å². The molecular weight excluding hydrogens is 316 g/mol. The average molecular weight is 333 g/mol. The molecule has 25 heavy (non-hydrogen) atoms. The van der Waals surface area contributed by atoms with Crippen LogP contribution in [0.15, 0.2) is 65.8 Å². The molecule has 0 saturated carbocycles. The number of carboxylic acids is 1. The molecule has 0 unspecified atom stereocenters. The van der Waals surface area contributed by atoms with Crippen molar-refractivity contribution < 1.29 is 14.6 Å². The fourth-order valence-corrected chi connectivity index (χ4v) is 2.50. The smallest absolute Gasteiger partial charge is 0.119 e. The second-order valence-electron chi connectivity index (χ2n) is 5.61. The number of methoxy groups -OCH3 is 1. The zero-order valence-corrected chi connectivity index (χ0v) is 13.9. The molecule has 0 aliphatic rings. The van der Waals surface area contributed by atoms with Gasteiger partial charge in [-0.3, -0.25) is 5.43 Å². The Morgan fingerprint density at radius 1 is 1.00 bits per heavy atom. The number of carbonyl (C=O) groups excluding carboxylic acids is 1. The first-order valence-corrected chi connectivity index (χ1v) is 7.77. The summed E-state index contributed by atoms with van der Waals surface area (Å²) in [7, 11) is 1.65. The highest BCUT2D eigenvalue weighted by molar-refractivity contribution is 6.02. The Morgan fingerprint density at radius 2 is 1.76 bits per heavy atom. The first-order chi connectivity index (χ1) is 12.1. The second kappa shape index (κ2) is 7.05. The molecule has 0 radical (unpaired) electrons. The van der Waals surface area contributed by atoms with E-state index in [2.05, 4.69) is 10.5 Å². The van der Waals surface area contributed by atoms with Crippen LogP contribution in [0.1, 0.15) is 22.8 Å². The fourth-order valence-electron chi connectivity index (χ4n) is 2.50. The fraction of sp³-hybridized carbons (Fsp3) is 0.100. The van der Waals surface area contributed by atoms with Gasteiger partial charge in [-0.15, -0.1) is 0 Å². The molecule has 0 amide bonds. The molecule has 0 fully saturated rings. The van der Waals surface area contributed by atoms with E-state index in [1.807, 2.05) is 43.3 Å². The van der Waals surface area contributed by atoms with Gasteiger partial charge in [-0.2, -0.15) is 5.10 Å². The summed E-state index contributed by atoms with van der Waals surface area (Å²) in [5.41, 5.74) is 5.34. The van der Waals surface area contributed by atoms with E-state index in [9.17, 15) is 9.90 Å². The minimum Gasteiger partial charge on any atom is -0.545 e. The van der Waals surface area contributed by atoms with Crippen LogP contribution < -0.4 is 15.3 Å². The Labute approximate surface area is 145 Å². The highest BCUT2D eigenvalue weighted by atomic mass is 16.5. The van der Waals surface area contributed by atoms with Gasteiger partial charge in [0.2, 0.25) is 0 Å². The molecule has 0 heterocycles. The maximum Gasteiger partial charge on any atom is 0.119 e. The first-order valence-electron chi connectivity index (χ1n) is 7.77. The third-order valence-corrected chi connectivity index (χ3v) is 3.92. The van der Waals surface area contributed by atoms with Crippen molar-refractivity contribution in [2.45, 2.75) is 6.92 Å². The number of fused-ring (bicyclic) bond motifs is 1. The van der Waals surface area contributed by atoms with Crippen molar-refractivity contribution in [1.82, 2.24) is 0 Å². The lowest BCUT2D eigenvalue weighted by molar-refractivity contribution is -0.255. The number of carbonyl (C=O) groups is 1. The summed E-state index contributed by atoms with van der Waals surface area (Å²) < 4.78 is 5.23. The molecule has 126 valence electrons. The second-order valence-corrected chi connectivity index (χ2v) is 5.61. The summed E-state index contributed by atoms with van der Waals surface area (Å²) in [6, 6.07) is 18.3. The van der Waals surface area contributed by atoms with E-state index in [-0.39, 0.29) is 5.56 Å². The maximum absolute atomic E-state index is 10.9. The number of rotatable bonds is 5. The van der Waals surface area contributed by atoms with Gasteiger partial charge in [0.15, 0.2) is 0 Å². The van der Waals surface area contributed by atoms with Crippen molar-refractivity contribution in [1.29, 1.82) is 0 Å². The molecule has 1 N–H and O–H groups in total. The monoisotopic (exact) mass is 333 g/mol. The molecule has 5 nitrogen and oxygen atoms in total. The number of aromatic carboxylic acids is 1. The molecule has 3 aromatic rings. The zero-order chi connectivity index (χ0) is 17.8. The van der Waals surface area contributed by atoms with Crippen LogP contribution in [0.4, 0.5) is 5.69 Å². The molecule has 3 rings (SSSR count). The normalized spacial score (nSPS) is 11.4. The molecule has 0 bridgehead atoms. The van der Waals surface area contributed by atoms with Crippen molar-refractivity contribution in [3.63, 3.8) is 0 Å². The number of anilines is 1. The molecule has 0 saturated heterocycles. The van der Waals surface area contributed by atoms with Gasteiger partial charge in [-0.05, 0) is 59.2 Å². The predicted octanol–water partition coefficient (Wildman–Crippen LogP) is 3.05. The van der Waals surface area contributed by atoms with Crippen LogP contribution in [-0.2, 0) is 0 Å². The average Bonchev–Trinajstić information content (AvgIpc) is 2.65. The Balaban J connectivity index is 1.83. The van der Waals surface area contributed by atoms with Crippen molar-refractivity contribution in [3.05, 3.63) is 71.8 Å². The molecule has 5 heteroatoms. The van der Waals surface area contributed by atoms with Crippen LogP contribution in [0.3, 0.4) is 0 Å². The number of nitrogens with one attached hydrogen (secondary N) is 1. The summed E-state index contributed by atoms with van der Waals surface area (Å²) >= 11 is 0. The lowest BCUT2D eigenvalue weighted by Gasteiger charge is -2.08. The molecule has 0 spiro atoms. The largest absolute Gasteiger partial charge is 0.545 e. The number of nitrogens with zero attached hydrogens (tertiary/aromatic N) is 1. The van der Waals surface area contributed by atoms with Crippen LogP contribution in [0.2, 0.25) is 0 Å². The van der Waals surface area contributed by atoms with Crippen molar-refractivity contribution in [2.75, 3.05) is 12.5 Å². The highest BCUT2D eigenvalue weighted by Gasteiger charge is 2.02. The number of hydrazone groups is 1. The summed E-state index contributed by atoms with van der Waals surface area (Å²) in [5.74, 6) is -0.394. The number of benzene rings is 3. The summed E-state index contributed by atoms with van der Waals surface area (Å²) in [4.78, 5) is 10.9. The third-order valence-electron chi connectivity index (χ3n) is 3.92. The van der Waals surface area contributed by atoms with Gasteiger partial charge >= 0.3 is 0 Å². The Morgan fingerprint density at radius 3 is 2.52 bits per heavy atom. The molecule has 0 aromatic heterocycles. The Kier molecular flexibility index (Phi) is 4.66. The lowest BCUT2D eigenvalue weighted by atomic mass is 10.0. The molecule has 0 atom stereocenters. The lowest BCUT2D eigenvalue weighted by Crippen LogP contribution is -2.22. The van der Waals surface area contributed by atoms with Crippen molar-refractivity contribution in [2.24, 2.45) is 5.10 Å². The Hall–Kier alpha value is -3.34. The van der Waals surface area contributed by atoms with E-state index in [1.54, 1.807) is 19.2 Å². The van der Waals surface area contributed by atoms with Gasteiger partial charge < -0.3 is 14.6 Å². The summed E-state index contributed by atoms with van der Waals surface area (Å²) in [5, 5.41) is 17.4. The molecule has 0 aliphatic heterocycles. The quantitative estimate of drug-likeness (QED) is 0.575. The van der Waals surface area contributed by atoms with E-state index in [0.717, 1.165) is 27.8 Å². The SMILES string of the molecule is COc1ccc2cc(/C(C)=N\Nc3cccc(C(=O)[O-])c3)ccc2c1. The standard InChI is InChI=1S/C20H18N2O3/c1-13(21-22-18-5-3-4-17(11-18)20(23)24)14-6-7-16-12-19(25-2)9-8-15(16)10-14/h3-12,22H,1-2H3,(H,23,24)/p-1/b21-13-.